The zero-order chi connectivity index (χ0) is 11.5. The van der Waals surface area contributed by atoms with Crippen molar-refractivity contribution in [2.75, 3.05) is 25.2 Å². The molecular formula is C11H14N2OS2. The summed E-state index contributed by atoms with van der Waals surface area (Å²) in [5.41, 5.74) is 13.5. The van der Waals surface area contributed by atoms with Crippen LogP contribution in [-0.4, -0.2) is 13.7 Å². The highest BCUT2D eigenvalue weighted by Crippen LogP contribution is 2.38. The topological polar surface area (TPSA) is 61.3 Å². The summed E-state index contributed by atoms with van der Waals surface area (Å²) in [6, 6.07) is 3.85. The van der Waals surface area contributed by atoms with E-state index in [9.17, 15) is 0 Å². The molecule has 0 saturated carbocycles. The zero-order valence-corrected chi connectivity index (χ0v) is 10.6. The van der Waals surface area contributed by atoms with Crippen molar-refractivity contribution in [2.24, 2.45) is 0 Å². The lowest BCUT2D eigenvalue weighted by Gasteiger charge is -2.15. The normalized spacial score (nSPS) is 11.1. The number of anilines is 2. The molecule has 86 valence electrons. The number of nitrogens with two attached hydrogens (primary N) is 2. The van der Waals surface area contributed by atoms with Crippen LogP contribution in [0.5, 0.6) is 0 Å². The van der Waals surface area contributed by atoms with Crippen LogP contribution < -0.4 is 11.5 Å². The fraction of sp³-hybridized carbons (Fsp3) is 0.273. The third-order valence-corrected chi connectivity index (χ3v) is 4.51. The van der Waals surface area contributed by atoms with E-state index in [4.69, 9.17) is 16.2 Å². The van der Waals surface area contributed by atoms with Gasteiger partial charge in [-0.05, 0) is 22.9 Å². The van der Waals surface area contributed by atoms with Crippen molar-refractivity contribution in [3.05, 3.63) is 32.6 Å². The minimum atomic E-state index is 0.157. The van der Waals surface area contributed by atoms with E-state index in [0.717, 1.165) is 21.1 Å². The summed E-state index contributed by atoms with van der Waals surface area (Å²) >= 11 is 3.30. The summed E-state index contributed by atoms with van der Waals surface area (Å²) < 4.78 is 5.26. The molecule has 5 heteroatoms. The number of thiophene rings is 2. The van der Waals surface area contributed by atoms with E-state index in [1.54, 1.807) is 29.8 Å². The Balaban J connectivity index is 2.39. The van der Waals surface area contributed by atoms with Crippen molar-refractivity contribution in [2.45, 2.75) is 5.92 Å². The minimum Gasteiger partial charge on any atom is -0.398 e. The Hall–Kier alpha value is -1.04. The monoisotopic (exact) mass is 254 g/mol. The molecule has 0 spiro atoms. The van der Waals surface area contributed by atoms with Gasteiger partial charge in [0.1, 0.15) is 0 Å². The summed E-state index contributed by atoms with van der Waals surface area (Å²) in [6.45, 7) is 0.607. The van der Waals surface area contributed by atoms with Crippen molar-refractivity contribution in [3.63, 3.8) is 0 Å². The molecule has 0 atom stereocenters. The minimum absolute atomic E-state index is 0.157. The van der Waals surface area contributed by atoms with Crippen LogP contribution >= 0.6 is 22.7 Å². The fourth-order valence-electron chi connectivity index (χ4n) is 1.67. The van der Waals surface area contributed by atoms with Gasteiger partial charge in [0.2, 0.25) is 0 Å². The van der Waals surface area contributed by atoms with Crippen LogP contribution in [0.2, 0.25) is 0 Å². The first-order valence-electron chi connectivity index (χ1n) is 4.88. The van der Waals surface area contributed by atoms with Gasteiger partial charge in [-0.2, -0.15) is 0 Å². The Kier molecular flexibility index (Phi) is 3.48. The molecule has 0 unspecified atom stereocenters. The summed E-state index contributed by atoms with van der Waals surface area (Å²) in [5.74, 6) is 0.157. The first-order chi connectivity index (χ1) is 7.74. The lowest BCUT2D eigenvalue weighted by Crippen LogP contribution is -2.08. The largest absolute Gasteiger partial charge is 0.398 e. The molecule has 0 bridgehead atoms. The quantitative estimate of drug-likeness (QED) is 0.882. The van der Waals surface area contributed by atoms with Crippen LogP contribution in [0.25, 0.3) is 0 Å². The van der Waals surface area contributed by atoms with E-state index < -0.39 is 0 Å². The Morgan fingerprint density at radius 2 is 1.62 bits per heavy atom. The molecule has 0 amide bonds. The third kappa shape index (κ3) is 2.07. The first kappa shape index (κ1) is 11.4. The van der Waals surface area contributed by atoms with Gasteiger partial charge in [-0.15, -0.1) is 22.7 Å². The van der Waals surface area contributed by atoms with Gasteiger partial charge in [0.15, 0.2) is 0 Å². The molecule has 2 aromatic heterocycles. The Labute approximate surface area is 103 Å². The average Bonchev–Trinajstić information content (AvgIpc) is 2.84. The number of nitrogen functional groups attached to an aromatic ring is 2. The van der Waals surface area contributed by atoms with Crippen LogP contribution in [0.4, 0.5) is 11.4 Å². The Bertz CT molecular complexity index is 424. The molecule has 0 aromatic carbocycles. The fourth-order valence-corrected chi connectivity index (χ4v) is 3.57. The Morgan fingerprint density at radius 3 is 1.94 bits per heavy atom. The molecule has 0 saturated heterocycles. The van der Waals surface area contributed by atoms with Crippen LogP contribution in [0, 0.1) is 0 Å². The van der Waals surface area contributed by atoms with E-state index in [1.807, 2.05) is 22.9 Å². The molecule has 0 radical (unpaired) electrons. The van der Waals surface area contributed by atoms with Crippen molar-refractivity contribution >= 4 is 34.0 Å². The van der Waals surface area contributed by atoms with Gasteiger partial charge in [-0.3, -0.25) is 0 Å². The molecular weight excluding hydrogens is 240 g/mol. The van der Waals surface area contributed by atoms with Crippen molar-refractivity contribution in [1.82, 2.24) is 0 Å². The molecule has 0 aliphatic heterocycles. The number of hydrogen-bond donors (Lipinski definition) is 2. The lowest BCUT2D eigenvalue weighted by atomic mass is 10.0. The second-order valence-electron chi connectivity index (χ2n) is 3.49. The SMILES string of the molecule is COCC(c1sccc1N)c1sccc1N. The maximum Gasteiger partial charge on any atom is 0.0589 e. The maximum atomic E-state index is 5.95. The van der Waals surface area contributed by atoms with Crippen LogP contribution in [-0.2, 0) is 4.74 Å². The highest BCUT2D eigenvalue weighted by atomic mass is 32.1. The molecule has 16 heavy (non-hydrogen) atoms. The molecule has 3 nitrogen and oxygen atoms in total. The van der Waals surface area contributed by atoms with Crippen molar-refractivity contribution in [3.8, 4) is 0 Å². The van der Waals surface area contributed by atoms with Crippen LogP contribution in [0.15, 0.2) is 22.9 Å². The molecule has 0 aliphatic rings. The zero-order valence-electron chi connectivity index (χ0n) is 8.97. The number of methoxy groups -OCH3 is 1. The van der Waals surface area contributed by atoms with Gasteiger partial charge in [0.05, 0.1) is 12.5 Å². The van der Waals surface area contributed by atoms with E-state index in [-0.39, 0.29) is 5.92 Å². The van der Waals surface area contributed by atoms with Gasteiger partial charge in [-0.25, -0.2) is 0 Å². The molecule has 2 rings (SSSR count). The predicted molar refractivity (Wildman–Crippen MR) is 71.2 cm³/mol. The number of rotatable bonds is 4. The summed E-state index contributed by atoms with van der Waals surface area (Å²) in [7, 11) is 1.70. The Morgan fingerprint density at radius 1 is 1.12 bits per heavy atom. The van der Waals surface area contributed by atoms with Gasteiger partial charge in [0.25, 0.3) is 0 Å². The van der Waals surface area contributed by atoms with Gasteiger partial charge >= 0.3 is 0 Å². The van der Waals surface area contributed by atoms with Crippen molar-refractivity contribution < 1.29 is 4.74 Å². The van der Waals surface area contributed by atoms with E-state index in [2.05, 4.69) is 0 Å². The highest BCUT2D eigenvalue weighted by Gasteiger charge is 2.21. The standard InChI is InChI=1S/C11H14N2OS2/c1-14-6-7(10-8(12)2-4-15-10)11-9(13)3-5-16-11/h2-5,7H,6,12-13H2,1H3. The number of hydrogen-bond acceptors (Lipinski definition) is 5. The third-order valence-electron chi connectivity index (χ3n) is 2.42. The predicted octanol–water partition coefficient (Wildman–Crippen LogP) is 2.75. The molecule has 0 aliphatic carbocycles. The lowest BCUT2D eigenvalue weighted by molar-refractivity contribution is 0.191. The van der Waals surface area contributed by atoms with Gasteiger partial charge in [-0.1, -0.05) is 0 Å². The molecule has 2 aromatic rings. The second-order valence-corrected chi connectivity index (χ2v) is 5.38. The maximum absolute atomic E-state index is 5.95. The van der Waals surface area contributed by atoms with Crippen molar-refractivity contribution in [1.29, 1.82) is 0 Å². The molecule has 0 fully saturated rings. The first-order valence-corrected chi connectivity index (χ1v) is 6.64. The van der Waals surface area contributed by atoms with E-state index in [1.165, 1.54) is 0 Å². The van der Waals surface area contributed by atoms with E-state index in [0.29, 0.717) is 6.61 Å². The van der Waals surface area contributed by atoms with Crippen LogP contribution in [0.1, 0.15) is 15.7 Å². The second kappa shape index (κ2) is 4.86. The molecule has 4 N–H and O–H groups in total. The van der Waals surface area contributed by atoms with Gasteiger partial charge in [0, 0.05) is 28.2 Å². The summed E-state index contributed by atoms with van der Waals surface area (Å²) in [5, 5.41) is 3.99. The summed E-state index contributed by atoms with van der Waals surface area (Å²) in [4.78, 5) is 2.27. The highest BCUT2D eigenvalue weighted by molar-refractivity contribution is 7.12. The molecule has 2 heterocycles. The smallest absolute Gasteiger partial charge is 0.0589 e. The van der Waals surface area contributed by atoms with Crippen LogP contribution in [0.3, 0.4) is 0 Å². The van der Waals surface area contributed by atoms with E-state index >= 15 is 0 Å². The van der Waals surface area contributed by atoms with Gasteiger partial charge < -0.3 is 16.2 Å². The number of ether oxygens (including phenoxy) is 1. The average molecular weight is 254 g/mol. The summed E-state index contributed by atoms with van der Waals surface area (Å²) in [6.07, 6.45) is 0.